The molecule has 0 fully saturated rings. The molecule has 2 heterocycles. The predicted molar refractivity (Wildman–Crippen MR) is 87.9 cm³/mol. The van der Waals surface area contributed by atoms with E-state index >= 15 is 0 Å². The molecule has 0 bridgehead atoms. The third-order valence-corrected chi connectivity index (χ3v) is 4.67. The molecular weight excluding hydrogens is 318 g/mol. The maximum Gasteiger partial charge on any atom is 0.305 e. The summed E-state index contributed by atoms with van der Waals surface area (Å²) in [7, 11) is 0. The summed E-state index contributed by atoms with van der Waals surface area (Å²) in [5.41, 5.74) is 0.747. The number of carbonyl (C=O) groups is 2. The Morgan fingerprint density at radius 2 is 2.09 bits per heavy atom. The van der Waals surface area contributed by atoms with Crippen molar-refractivity contribution >= 4 is 33.4 Å². The number of thiophene rings is 1. The van der Waals surface area contributed by atoms with Gasteiger partial charge in [-0.25, -0.2) is 4.98 Å². The summed E-state index contributed by atoms with van der Waals surface area (Å²) in [6, 6.07) is -0.433. The number of nitrogens with zero attached hydrogens (tertiary/aromatic N) is 1. The fraction of sp³-hybridized carbons (Fsp3) is 0.467. The molecule has 0 radical (unpaired) electrons. The molecule has 1 unspecified atom stereocenters. The van der Waals surface area contributed by atoms with E-state index in [2.05, 4.69) is 15.3 Å². The summed E-state index contributed by atoms with van der Waals surface area (Å²) in [5.74, 6) is -0.762. The first-order valence-electron chi connectivity index (χ1n) is 7.28. The van der Waals surface area contributed by atoms with E-state index in [-0.39, 0.29) is 24.3 Å². The van der Waals surface area contributed by atoms with E-state index in [0.29, 0.717) is 22.5 Å². The van der Waals surface area contributed by atoms with E-state index in [1.165, 1.54) is 11.3 Å². The van der Waals surface area contributed by atoms with E-state index in [1.54, 1.807) is 6.92 Å². The fourth-order valence-corrected chi connectivity index (χ4v) is 3.36. The van der Waals surface area contributed by atoms with Crippen LogP contribution in [0.25, 0.3) is 10.2 Å². The zero-order valence-electron chi connectivity index (χ0n) is 13.2. The molecule has 0 spiro atoms. The molecular formula is C15H19N3O4S. The predicted octanol–water partition coefficient (Wildman–Crippen LogP) is 1.51. The molecule has 0 saturated carbocycles. The van der Waals surface area contributed by atoms with Gasteiger partial charge in [0.25, 0.3) is 5.56 Å². The minimum atomic E-state index is -0.960. The third kappa shape index (κ3) is 4.16. The van der Waals surface area contributed by atoms with Gasteiger partial charge in [0.05, 0.1) is 11.8 Å². The molecule has 2 aromatic heterocycles. The number of aliphatic carboxylic acids is 1. The minimum absolute atomic E-state index is 0.124. The highest BCUT2D eigenvalue weighted by molar-refractivity contribution is 7.18. The summed E-state index contributed by atoms with van der Waals surface area (Å²) in [5, 5.41) is 11.9. The highest BCUT2D eigenvalue weighted by atomic mass is 32.1. The van der Waals surface area contributed by atoms with Crippen LogP contribution in [0.2, 0.25) is 0 Å². The first-order valence-corrected chi connectivity index (χ1v) is 8.09. The smallest absolute Gasteiger partial charge is 0.305 e. The molecule has 23 heavy (non-hydrogen) atoms. The van der Waals surface area contributed by atoms with Gasteiger partial charge in [0.2, 0.25) is 5.91 Å². The van der Waals surface area contributed by atoms with Crippen LogP contribution in [0.4, 0.5) is 0 Å². The zero-order valence-corrected chi connectivity index (χ0v) is 14.0. The molecule has 3 N–H and O–H groups in total. The summed E-state index contributed by atoms with van der Waals surface area (Å²) in [4.78, 5) is 43.3. The number of hydrogen-bond acceptors (Lipinski definition) is 5. The number of nitrogens with one attached hydrogen (secondary N) is 2. The Balaban J connectivity index is 2.04. The Hall–Kier alpha value is -2.22. The number of H-pyrrole nitrogens is 1. The number of aryl methyl sites for hydroxylation is 3. The number of fused-ring (bicyclic) bond motifs is 1. The molecule has 7 nitrogen and oxygen atoms in total. The number of hydrogen-bond donors (Lipinski definition) is 3. The SMILES string of the molecule is Cc1sc2nc(CCC(=O)NC(C)CC(=O)O)[nH]c(=O)c2c1C. The monoisotopic (exact) mass is 337 g/mol. The van der Waals surface area contributed by atoms with Crippen molar-refractivity contribution in [1.29, 1.82) is 0 Å². The van der Waals surface area contributed by atoms with Crippen LogP contribution in [-0.4, -0.2) is 33.0 Å². The molecule has 1 amide bonds. The number of aromatic amines is 1. The van der Waals surface area contributed by atoms with Crippen LogP contribution in [0, 0.1) is 13.8 Å². The molecule has 0 aromatic carbocycles. The third-order valence-electron chi connectivity index (χ3n) is 3.57. The molecule has 0 aliphatic heterocycles. The summed E-state index contributed by atoms with van der Waals surface area (Å²) in [6.07, 6.45) is 0.315. The lowest BCUT2D eigenvalue weighted by atomic mass is 10.2. The first kappa shape index (κ1) is 17.1. The Morgan fingerprint density at radius 3 is 2.74 bits per heavy atom. The van der Waals surface area contributed by atoms with Crippen molar-refractivity contribution in [2.45, 2.75) is 46.1 Å². The van der Waals surface area contributed by atoms with Gasteiger partial charge >= 0.3 is 5.97 Å². The van der Waals surface area contributed by atoms with Crippen molar-refractivity contribution in [3.63, 3.8) is 0 Å². The Kier molecular flexibility index (Phi) is 5.15. The van der Waals surface area contributed by atoms with Gasteiger partial charge in [-0.1, -0.05) is 0 Å². The molecule has 1 atom stereocenters. The van der Waals surface area contributed by atoms with Crippen molar-refractivity contribution in [1.82, 2.24) is 15.3 Å². The number of carboxylic acid groups (broad SMARTS) is 1. The van der Waals surface area contributed by atoms with E-state index in [1.807, 2.05) is 13.8 Å². The van der Waals surface area contributed by atoms with E-state index < -0.39 is 12.0 Å². The minimum Gasteiger partial charge on any atom is -0.481 e. The summed E-state index contributed by atoms with van der Waals surface area (Å²) in [6.45, 7) is 5.47. The molecule has 0 saturated heterocycles. The van der Waals surface area contributed by atoms with E-state index in [9.17, 15) is 14.4 Å². The van der Waals surface area contributed by atoms with Gasteiger partial charge in [-0.05, 0) is 26.3 Å². The van der Waals surface area contributed by atoms with Crippen LogP contribution in [0.1, 0.15) is 36.0 Å². The number of carboxylic acids is 1. The molecule has 8 heteroatoms. The van der Waals surface area contributed by atoms with Crippen molar-refractivity contribution in [2.24, 2.45) is 0 Å². The fourth-order valence-electron chi connectivity index (χ4n) is 2.31. The largest absolute Gasteiger partial charge is 0.481 e. The van der Waals surface area contributed by atoms with Crippen LogP contribution in [0.15, 0.2) is 4.79 Å². The second-order valence-corrected chi connectivity index (χ2v) is 6.75. The lowest BCUT2D eigenvalue weighted by molar-refractivity contribution is -0.137. The lowest BCUT2D eigenvalue weighted by Gasteiger charge is -2.11. The van der Waals surface area contributed by atoms with Crippen molar-refractivity contribution in [2.75, 3.05) is 0 Å². The number of carbonyl (C=O) groups excluding carboxylic acids is 1. The van der Waals surface area contributed by atoms with E-state index in [4.69, 9.17) is 5.11 Å². The van der Waals surface area contributed by atoms with Gasteiger partial charge in [-0.3, -0.25) is 14.4 Å². The van der Waals surface area contributed by atoms with Gasteiger partial charge in [-0.15, -0.1) is 11.3 Å². The lowest BCUT2D eigenvalue weighted by Crippen LogP contribution is -2.34. The second-order valence-electron chi connectivity index (χ2n) is 5.54. The normalized spacial score (nSPS) is 12.3. The molecule has 2 rings (SSSR count). The van der Waals surface area contributed by atoms with Gasteiger partial charge in [0.15, 0.2) is 0 Å². The zero-order chi connectivity index (χ0) is 17.1. The Bertz CT molecular complexity index is 809. The standard InChI is InChI=1S/C15H19N3O4S/c1-7(6-12(20)21)16-11(19)5-4-10-17-14(22)13-8(2)9(3)23-15(13)18-10/h7H,4-6H2,1-3H3,(H,16,19)(H,20,21)(H,17,18,22). The summed E-state index contributed by atoms with van der Waals surface area (Å²) >= 11 is 1.46. The molecule has 0 aliphatic carbocycles. The Labute approximate surface area is 136 Å². The maximum absolute atomic E-state index is 12.1. The van der Waals surface area contributed by atoms with Crippen LogP contribution in [0.5, 0.6) is 0 Å². The molecule has 2 aromatic rings. The van der Waals surface area contributed by atoms with Gasteiger partial charge in [-0.2, -0.15) is 0 Å². The van der Waals surface area contributed by atoms with Crippen molar-refractivity contribution < 1.29 is 14.7 Å². The average molecular weight is 337 g/mol. The first-order chi connectivity index (χ1) is 10.8. The number of amides is 1. The van der Waals surface area contributed by atoms with Crippen LogP contribution in [-0.2, 0) is 16.0 Å². The topological polar surface area (TPSA) is 112 Å². The van der Waals surface area contributed by atoms with Gasteiger partial charge in [0, 0.05) is 23.8 Å². The van der Waals surface area contributed by atoms with Crippen LogP contribution in [0.3, 0.4) is 0 Å². The van der Waals surface area contributed by atoms with Crippen LogP contribution >= 0.6 is 11.3 Å². The van der Waals surface area contributed by atoms with Gasteiger partial charge < -0.3 is 15.4 Å². The number of rotatable bonds is 6. The second kappa shape index (κ2) is 6.91. The summed E-state index contributed by atoms with van der Waals surface area (Å²) < 4.78 is 0. The molecule has 0 aliphatic rings. The molecule has 124 valence electrons. The van der Waals surface area contributed by atoms with Crippen molar-refractivity contribution in [3.8, 4) is 0 Å². The number of aromatic nitrogens is 2. The Morgan fingerprint density at radius 1 is 1.39 bits per heavy atom. The highest BCUT2D eigenvalue weighted by Gasteiger charge is 2.14. The van der Waals surface area contributed by atoms with Crippen molar-refractivity contribution in [3.05, 3.63) is 26.6 Å². The highest BCUT2D eigenvalue weighted by Crippen LogP contribution is 2.25. The quantitative estimate of drug-likeness (QED) is 0.740. The van der Waals surface area contributed by atoms with E-state index in [0.717, 1.165) is 10.4 Å². The average Bonchev–Trinajstić information content (AvgIpc) is 2.71. The van der Waals surface area contributed by atoms with Gasteiger partial charge in [0.1, 0.15) is 10.7 Å². The maximum atomic E-state index is 12.1. The van der Waals surface area contributed by atoms with Crippen LogP contribution < -0.4 is 10.9 Å².